The first-order chi connectivity index (χ1) is 12.9. The molecule has 0 spiro atoms. The fourth-order valence-corrected chi connectivity index (χ4v) is 4.95. The number of likely N-dealkylation sites (tertiary alicyclic amines) is 1. The van der Waals surface area contributed by atoms with Gasteiger partial charge in [-0.1, -0.05) is 49.6 Å². The summed E-state index contributed by atoms with van der Waals surface area (Å²) in [6.07, 6.45) is 6.28. The molecule has 3 rings (SSSR count). The van der Waals surface area contributed by atoms with E-state index in [9.17, 15) is 9.59 Å². The Morgan fingerprint density at radius 2 is 1.78 bits per heavy atom. The predicted octanol–water partition coefficient (Wildman–Crippen LogP) is 3.40. The Morgan fingerprint density at radius 1 is 1.15 bits per heavy atom. The van der Waals surface area contributed by atoms with Crippen LogP contribution in [0.2, 0.25) is 0 Å². The second-order valence-corrected chi connectivity index (χ2v) is 8.28. The van der Waals surface area contributed by atoms with Crippen LogP contribution in [0, 0.1) is 5.92 Å². The minimum absolute atomic E-state index is 0.131. The van der Waals surface area contributed by atoms with Gasteiger partial charge < -0.3 is 9.64 Å². The van der Waals surface area contributed by atoms with Gasteiger partial charge in [-0.2, -0.15) is 0 Å². The molecule has 3 atom stereocenters. The number of rotatable bonds is 4. The first-order valence-corrected chi connectivity index (χ1v) is 10.0. The van der Waals surface area contributed by atoms with Crippen molar-refractivity contribution in [3.8, 4) is 0 Å². The van der Waals surface area contributed by atoms with Crippen LogP contribution in [-0.4, -0.2) is 54.5 Å². The van der Waals surface area contributed by atoms with Crippen LogP contribution < -0.4 is 0 Å². The van der Waals surface area contributed by atoms with Gasteiger partial charge in [0.1, 0.15) is 5.54 Å². The maximum Gasteiger partial charge on any atom is 0.326 e. The number of carbonyl (C=O) groups excluding carboxylic acids is 2. The van der Waals surface area contributed by atoms with Crippen LogP contribution >= 0.6 is 0 Å². The third-order valence-corrected chi connectivity index (χ3v) is 6.75. The Hall–Kier alpha value is -1.88. The second kappa shape index (κ2) is 8.01. The highest BCUT2D eigenvalue weighted by Crippen LogP contribution is 2.47. The van der Waals surface area contributed by atoms with E-state index in [1.165, 1.54) is 26.4 Å². The Morgan fingerprint density at radius 3 is 2.37 bits per heavy atom. The van der Waals surface area contributed by atoms with Gasteiger partial charge in [-0.25, -0.2) is 0 Å². The second-order valence-electron chi connectivity index (χ2n) is 8.28. The van der Waals surface area contributed by atoms with Crippen LogP contribution in [-0.2, 0) is 14.3 Å². The van der Waals surface area contributed by atoms with Crippen molar-refractivity contribution in [3.63, 3.8) is 0 Å². The quantitative estimate of drug-likeness (QED) is 0.760. The topological polar surface area (TPSA) is 49.9 Å². The highest BCUT2D eigenvalue weighted by Gasteiger charge is 2.55. The van der Waals surface area contributed by atoms with E-state index in [-0.39, 0.29) is 23.8 Å². The maximum absolute atomic E-state index is 13.5. The number of hydrogen-bond donors (Lipinski definition) is 0. The van der Waals surface area contributed by atoms with Crippen molar-refractivity contribution >= 4 is 11.9 Å². The zero-order chi connectivity index (χ0) is 19.6. The van der Waals surface area contributed by atoms with Crippen LogP contribution in [0.4, 0.5) is 0 Å². The van der Waals surface area contributed by atoms with Crippen LogP contribution in [0.3, 0.4) is 0 Å². The molecule has 0 bridgehead atoms. The molecule has 1 heterocycles. The molecule has 1 aromatic rings. The Balaban J connectivity index is 1.92. The molecule has 0 N–H and O–H groups in total. The standard InChI is InChI=1S/C22H32N2O3/c1-22(21(26)27-4)15-18(19(24(22)3)16-11-7-5-8-12-16)20(25)23(2)17-13-9-6-10-14-17/h5,7-8,11-12,17-19H,6,9-10,13-15H2,1-4H3/t18-,19-,22-/m0/s1. The SMILES string of the molecule is COC(=O)[C@]1(C)C[C@H](C(=O)N(C)C2CCCCC2)[C@H](c2ccccc2)N1C. The number of ether oxygens (including phenoxy) is 1. The van der Waals surface area contributed by atoms with Gasteiger partial charge in [-0.05, 0) is 38.8 Å². The molecule has 1 saturated heterocycles. The van der Waals surface area contributed by atoms with E-state index >= 15 is 0 Å². The van der Waals surface area contributed by atoms with E-state index in [1.807, 2.05) is 61.2 Å². The molecular formula is C22H32N2O3. The molecule has 0 unspecified atom stereocenters. The molecule has 1 aromatic carbocycles. The number of methoxy groups -OCH3 is 1. The van der Waals surface area contributed by atoms with Crippen LogP contribution in [0.1, 0.15) is 57.1 Å². The fraction of sp³-hybridized carbons (Fsp3) is 0.636. The molecule has 148 valence electrons. The number of esters is 1. The summed E-state index contributed by atoms with van der Waals surface area (Å²) in [6, 6.07) is 10.2. The summed E-state index contributed by atoms with van der Waals surface area (Å²) in [4.78, 5) is 30.1. The van der Waals surface area contributed by atoms with E-state index in [4.69, 9.17) is 4.74 Å². The van der Waals surface area contributed by atoms with E-state index in [0.717, 1.165) is 18.4 Å². The third kappa shape index (κ3) is 3.62. The largest absolute Gasteiger partial charge is 0.468 e. The average Bonchev–Trinajstić information content (AvgIpc) is 2.99. The summed E-state index contributed by atoms with van der Waals surface area (Å²) in [6.45, 7) is 1.89. The van der Waals surface area contributed by atoms with Crippen molar-refractivity contribution in [2.45, 2.75) is 63.1 Å². The lowest BCUT2D eigenvalue weighted by Gasteiger charge is -2.35. The van der Waals surface area contributed by atoms with Crippen LogP contribution in [0.5, 0.6) is 0 Å². The van der Waals surface area contributed by atoms with Crippen molar-refractivity contribution < 1.29 is 14.3 Å². The molecule has 5 nitrogen and oxygen atoms in total. The summed E-state index contributed by atoms with van der Waals surface area (Å²) in [5, 5.41) is 0. The van der Waals surface area contributed by atoms with E-state index in [1.54, 1.807) is 0 Å². The molecule has 5 heteroatoms. The first kappa shape index (κ1) is 19.9. The molecule has 27 heavy (non-hydrogen) atoms. The number of likely N-dealkylation sites (N-methyl/N-ethyl adjacent to an activating group) is 1. The zero-order valence-electron chi connectivity index (χ0n) is 17.0. The highest BCUT2D eigenvalue weighted by atomic mass is 16.5. The average molecular weight is 373 g/mol. The van der Waals surface area contributed by atoms with Gasteiger partial charge in [-0.3, -0.25) is 14.5 Å². The monoisotopic (exact) mass is 372 g/mol. The Bertz CT molecular complexity index is 671. The van der Waals surface area contributed by atoms with Crippen molar-refractivity contribution in [1.29, 1.82) is 0 Å². The summed E-state index contributed by atoms with van der Waals surface area (Å²) in [7, 11) is 5.29. The van der Waals surface area contributed by atoms with Crippen LogP contribution in [0.25, 0.3) is 0 Å². The maximum atomic E-state index is 13.5. The minimum atomic E-state index is -0.803. The van der Waals surface area contributed by atoms with E-state index in [0.29, 0.717) is 12.5 Å². The van der Waals surface area contributed by atoms with Crippen LogP contribution in [0.15, 0.2) is 30.3 Å². The van der Waals surface area contributed by atoms with Crippen molar-refractivity contribution in [1.82, 2.24) is 9.80 Å². The Labute approximate surface area is 162 Å². The lowest BCUT2D eigenvalue weighted by Crippen LogP contribution is -2.47. The van der Waals surface area contributed by atoms with Gasteiger partial charge in [0.2, 0.25) is 5.91 Å². The van der Waals surface area contributed by atoms with Crippen molar-refractivity contribution in [3.05, 3.63) is 35.9 Å². The zero-order valence-corrected chi connectivity index (χ0v) is 17.0. The number of carbonyl (C=O) groups is 2. The van der Waals surface area contributed by atoms with Gasteiger partial charge in [0.05, 0.1) is 13.0 Å². The molecule has 0 aromatic heterocycles. The summed E-state index contributed by atoms with van der Waals surface area (Å²) < 4.78 is 5.09. The van der Waals surface area contributed by atoms with Gasteiger partial charge in [0.15, 0.2) is 0 Å². The summed E-state index contributed by atoms with van der Waals surface area (Å²) in [5.74, 6) is -0.384. The molecule has 2 fully saturated rings. The molecular weight excluding hydrogens is 340 g/mol. The molecule has 1 aliphatic heterocycles. The van der Waals surface area contributed by atoms with Gasteiger partial charge in [0.25, 0.3) is 0 Å². The third-order valence-electron chi connectivity index (χ3n) is 6.75. The number of benzene rings is 1. The smallest absolute Gasteiger partial charge is 0.326 e. The lowest BCUT2D eigenvalue weighted by atomic mass is 9.87. The van der Waals surface area contributed by atoms with E-state index < -0.39 is 5.54 Å². The first-order valence-electron chi connectivity index (χ1n) is 10.0. The highest BCUT2D eigenvalue weighted by molar-refractivity contribution is 5.86. The van der Waals surface area contributed by atoms with E-state index in [2.05, 4.69) is 0 Å². The van der Waals surface area contributed by atoms with Gasteiger partial charge in [-0.15, -0.1) is 0 Å². The summed E-state index contributed by atoms with van der Waals surface area (Å²) >= 11 is 0. The normalized spacial score (nSPS) is 29.5. The lowest BCUT2D eigenvalue weighted by molar-refractivity contribution is -0.152. The van der Waals surface area contributed by atoms with Crippen molar-refractivity contribution in [2.24, 2.45) is 5.92 Å². The minimum Gasteiger partial charge on any atom is -0.468 e. The number of amides is 1. The summed E-state index contributed by atoms with van der Waals surface area (Å²) in [5.41, 5.74) is 0.270. The predicted molar refractivity (Wildman–Crippen MR) is 105 cm³/mol. The molecule has 0 radical (unpaired) electrons. The van der Waals surface area contributed by atoms with Gasteiger partial charge in [0, 0.05) is 19.1 Å². The number of hydrogen-bond acceptors (Lipinski definition) is 4. The van der Waals surface area contributed by atoms with Gasteiger partial charge >= 0.3 is 5.97 Å². The molecule has 1 saturated carbocycles. The fourth-order valence-electron chi connectivity index (χ4n) is 4.95. The number of nitrogens with zero attached hydrogens (tertiary/aromatic N) is 2. The van der Waals surface area contributed by atoms with Crippen molar-refractivity contribution in [2.75, 3.05) is 21.2 Å². The molecule has 2 aliphatic rings. The molecule has 1 aliphatic carbocycles. The molecule has 1 amide bonds. The Kier molecular flexibility index (Phi) is 5.89.